The van der Waals surface area contributed by atoms with Crippen LogP contribution in [0.4, 0.5) is 11.4 Å². The van der Waals surface area contributed by atoms with Crippen LogP contribution in [0.5, 0.6) is 11.5 Å². The number of rotatable bonds is 9. The number of carbonyl (C=O) groups excluding carboxylic acids is 4. The minimum absolute atomic E-state index is 0.0346. The molecule has 6 atom stereocenters. The number of Topliss-reactive ketones (excluding diaryl/α,β-unsaturated/α-hetero) is 1. The second-order valence-corrected chi connectivity index (χ2v) is 13.1. The highest BCUT2D eigenvalue weighted by molar-refractivity contribution is 9.12. The SMILES string of the molecule is O=C(CN(C(=O)c1ccc([N+](=O)[O-])cc1)N1C(=O)[C@@H]2[C@H]3C[C@@H]([C@H](Br)[C@H]3Br)[C@H]2C1=O)c1ccc(Oc2ccc([N+](=O)[O-])cc2)cc1. The van der Waals surface area contributed by atoms with Gasteiger partial charge in [0.15, 0.2) is 5.78 Å². The Bertz CT molecular complexity index is 1700. The molecule has 1 heterocycles. The lowest BCUT2D eigenvalue weighted by atomic mass is 9.81. The van der Waals surface area contributed by atoms with E-state index < -0.39 is 51.7 Å². The van der Waals surface area contributed by atoms with Gasteiger partial charge < -0.3 is 4.74 Å². The molecule has 3 aromatic carbocycles. The van der Waals surface area contributed by atoms with E-state index in [4.69, 9.17) is 4.74 Å². The van der Waals surface area contributed by atoms with Gasteiger partial charge in [-0.05, 0) is 66.8 Å². The maximum atomic E-state index is 13.8. The van der Waals surface area contributed by atoms with Crippen LogP contribution in [0.15, 0.2) is 72.8 Å². The number of ketones is 1. The van der Waals surface area contributed by atoms with Gasteiger partial charge in [-0.3, -0.25) is 39.4 Å². The Hall–Kier alpha value is -4.50. The zero-order chi connectivity index (χ0) is 32.2. The fraction of sp³-hybridized carbons (Fsp3) is 0.267. The first-order chi connectivity index (χ1) is 21.5. The summed E-state index contributed by atoms with van der Waals surface area (Å²) >= 11 is 7.27. The molecule has 15 heteroatoms. The van der Waals surface area contributed by atoms with Crippen molar-refractivity contribution in [2.24, 2.45) is 23.7 Å². The number of hydrogen-bond donors (Lipinski definition) is 0. The van der Waals surface area contributed by atoms with Crippen LogP contribution in [0.25, 0.3) is 0 Å². The zero-order valence-electron chi connectivity index (χ0n) is 23.0. The zero-order valence-corrected chi connectivity index (χ0v) is 26.2. The molecule has 6 rings (SSSR count). The molecule has 0 aromatic heterocycles. The average molecular weight is 742 g/mol. The van der Waals surface area contributed by atoms with E-state index in [1.54, 1.807) is 0 Å². The van der Waals surface area contributed by atoms with Gasteiger partial charge in [0.1, 0.15) is 18.0 Å². The summed E-state index contributed by atoms with van der Waals surface area (Å²) in [5.41, 5.74) is -0.233. The number of fused-ring (bicyclic) bond motifs is 5. The van der Waals surface area contributed by atoms with Gasteiger partial charge in [0.05, 0.1) is 21.7 Å². The normalized spacial score (nSPS) is 24.8. The Kier molecular flexibility index (Phi) is 7.99. The van der Waals surface area contributed by atoms with E-state index in [1.165, 1.54) is 60.7 Å². The summed E-state index contributed by atoms with van der Waals surface area (Å²) < 4.78 is 5.69. The van der Waals surface area contributed by atoms with Crippen molar-refractivity contribution < 1.29 is 33.8 Å². The highest BCUT2D eigenvalue weighted by Gasteiger charge is 2.67. The largest absolute Gasteiger partial charge is 0.457 e. The van der Waals surface area contributed by atoms with Gasteiger partial charge in [-0.1, -0.05) is 31.9 Å². The van der Waals surface area contributed by atoms with Crippen molar-refractivity contribution in [1.29, 1.82) is 0 Å². The minimum Gasteiger partial charge on any atom is -0.457 e. The van der Waals surface area contributed by atoms with E-state index in [2.05, 4.69) is 31.9 Å². The number of hydrogen-bond acceptors (Lipinski definition) is 9. The van der Waals surface area contributed by atoms with Crippen LogP contribution in [-0.4, -0.2) is 59.6 Å². The predicted molar refractivity (Wildman–Crippen MR) is 164 cm³/mol. The van der Waals surface area contributed by atoms with Crippen molar-refractivity contribution in [2.75, 3.05) is 6.54 Å². The molecule has 3 aliphatic rings. The van der Waals surface area contributed by atoms with Crippen LogP contribution in [0.2, 0.25) is 0 Å². The summed E-state index contributed by atoms with van der Waals surface area (Å²) in [7, 11) is 0. The fourth-order valence-electron chi connectivity index (χ4n) is 6.39. The van der Waals surface area contributed by atoms with Crippen molar-refractivity contribution in [3.63, 3.8) is 0 Å². The van der Waals surface area contributed by atoms with E-state index in [1.807, 2.05) is 0 Å². The molecule has 0 N–H and O–H groups in total. The lowest BCUT2D eigenvalue weighted by molar-refractivity contribution is -0.385. The number of amides is 3. The Morgan fingerprint density at radius 3 is 1.64 bits per heavy atom. The smallest absolute Gasteiger partial charge is 0.273 e. The molecular formula is C30H22Br2N4O9. The molecule has 2 bridgehead atoms. The van der Waals surface area contributed by atoms with E-state index in [9.17, 15) is 39.4 Å². The van der Waals surface area contributed by atoms with E-state index in [-0.39, 0.29) is 44.0 Å². The lowest BCUT2D eigenvalue weighted by Gasteiger charge is -2.30. The number of imide groups is 1. The molecule has 0 spiro atoms. The minimum atomic E-state index is -0.837. The van der Waals surface area contributed by atoms with Crippen LogP contribution in [0.3, 0.4) is 0 Å². The van der Waals surface area contributed by atoms with Crippen molar-refractivity contribution in [3.05, 3.63) is 104 Å². The Morgan fingerprint density at radius 2 is 1.18 bits per heavy atom. The third kappa shape index (κ3) is 5.39. The van der Waals surface area contributed by atoms with Gasteiger partial charge in [-0.25, -0.2) is 5.01 Å². The average Bonchev–Trinajstić information content (AvgIpc) is 3.65. The molecule has 45 heavy (non-hydrogen) atoms. The Balaban J connectivity index is 1.26. The van der Waals surface area contributed by atoms with E-state index in [0.29, 0.717) is 17.9 Å². The number of benzene rings is 3. The van der Waals surface area contributed by atoms with Gasteiger partial charge in [-0.2, -0.15) is 5.01 Å². The number of nitrogens with zero attached hydrogens (tertiary/aromatic N) is 4. The molecule has 1 aliphatic heterocycles. The lowest BCUT2D eigenvalue weighted by Crippen LogP contribution is -2.52. The van der Waals surface area contributed by atoms with Crippen molar-refractivity contribution in [1.82, 2.24) is 10.0 Å². The van der Waals surface area contributed by atoms with Crippen molar-refractivity contribution in [2.45, 2.75) is 16.1 Å². The highest BCUT2D eigenvalue weighted by Crippen LogP contribution is 2.60. The van der Waals surface area contributed by atoms with Crippen molar-refractivity contribution >= 4 is 66.7 Å². The topological polar surface area (TPSA) is 170 Å². The number of halogens is 2. The molecule has 3 amide bonds. The first-order valence-electron chi connectivity index (χ1n) is 13.7. The highest BCUT2D eigenvalue weighted by atomic mass is 79.9. The number of hydrazine groups is 1. The van der Waals surface area contributed by atoms with E-state index >= 15 is 0 Å². The summed E-state index contributed by atoms with van der Waals surface area (Å²) in [6, 6.07) is 16.0. The monoisotopic (exact) mass is 740 g/mol. The summed E-state index contributed by atoms with van der Waals surface area (Å²) in [5, 5.41) is 23.6. The molecule has 3 aromatic rings. The molecule has 13 nitrogen and oxygen atoms in total. The molecule has 3 fully saturated rings. The number of carbonyl (C=O) groups is 4. The number of non-ortho nitro benzene ring substituents is 2. The van der Waals surface area contributed by atoms with Gasteiger partial charge in [0.25, 0.3) is 29.1 Å². The van der Waals surface area contributed by atoms with Crippen LogP contribution < -0.4 is 4.74 Å². The summed E-state index contributed by atoms with van der Waals surface area (Å²) in [5.74, 6) is -3.39. The van der Waals surface area contributed by atoms with Crippen LogP contribution in [-0.2, 0) is 9.59 Å². The molecule has 2 saturated carbocycles. The number of nitro benzene ring substituents is 2. The number of ether oxygens (including phenoxy) is 1. The van der Waals surface area contributed by atoms with Crippen molar-refractivity contribution in [3.8, 4) is 11.5 Å². The Morgan fingerprint density at radius 1 is 0.756 bits per heavy atom. The summed E-state index contributed by atoms with van der Waals surface area (Å²) in [6.07, 6.45) is 0.677. The third-order valence-corrected chi connectivity index (χ3v) is 11.7. The van der Waals surface area contributed by atoms with Gasteiger partial charge in [0, 0.05) is 45.0 Å². The molecule has 1 saturated heterocycles. The standard InChI is InChI=1S/C30H22Br2N4O9/c31-26-21-13-22(27(26)32)25-24(21)29(39)34(30(25)40)33(28(38)16-1-5-17(6-2-16)35(41)42)14-23(37)15-3-9-19(10-4-15)45-20-11-7-18(8-12-20)36(43)44/h1-12,21-22,24-27H,13-14H2/t21-,22-,24-,25-,26+,27+/m1/s1. The molecule has 0 unspecified atom stereocenters. The summed E-state index contributed by atoms with van der Waals surface area (Å²) in [6.45, 7) is -0.653. The fourth-order valence-corrected chi connectivity index (χ4v) is 8.26. The van der Waals surface area contributed by atoms with E-state index in [0.717, 1.165) is 22.2 Å². The number of nitro groups is 2. The maximum absolute atomic E-state index is 13.8. The number of alkyl halides is 2. The Labute approximate surface area is 271 Å². The maximum Gasteiger partial charge on any atom is 0.273 e. The van der Waals surface area contributed by atoms with Gasteiger partial charge in [-0.15, -0.1) is 0 Å². The van der Waals surface area contributed by atoms with Gasteiger partial charge in [0.2, 0.25) is 0 Å². The second-order valence-electron chi connectivity index (χ2n) is 11.0. The molecule has 2 aliphatic carbocycles. The molecular weight excluding hydrogens is 720 g/mol. The third-order valence-electron chi connectivity index (χ3n) is 8.52. The van der Waals surface area contributed by atoms with Gasteiger partial charge >= 0.3 is 0 Å². The first kappa shape index (κ1) is 30.5. The van der Waals surface area contributed by atoms with Crippen LogP contribution in [0, 0.1) is 43.9 Å². The van der Waals surface area contributed by atoms with Crippen LogP contribution >= 0.6 is 31.9 Å². The van der Waals surface area contributed by atoms with Crippen LogP contribution in [0.1, 0.15) is 27.1 Å². The quantitative estimate of drug-likeness (QED) is 0.0927. The predicted octanol–water partition coefficient (Wildman–Crippen LogP) is 5.31. The summed E-state index contributed by atoms with van der Waals surface area (Å²) in [4.78, 5) is 75.7. The first-order valence-corrected chi connectivity index (χ1v) is 15.6. The molecule has 0 radical (unpaired) electrons. The second kappa shape index (κ2) is 11.8. The molecule has 230 valence electrons.